The van der Waals surface area contributed by atoms with Gasteiger partial charge in [0.05, 0.1) is 0 Å². The average Bonchev–Trinajstić information content (AvgIpc) is 2.99. The van der Waals surface area contributed by atoms with Crippen LogP contribution in [0.15, 0.2) is 47.8 Å². The van der Waals surface area contributed by atoms with Gasteiger partial charge in [-0.3, -0.25) is 4.79 Å². The topological polar surface area (TPSA) is 49.3 Å². The quantitative estimate of drug-likeness (QED) is 0.807. The first-order valence-electron chi connectivity index (χ1n) is 5.93. The van der Waals surface area contributed by atoms with E-state index >= 15 is 0 Å². The van der Waals surface area contributed by atoms with Crippen LogP contribution in [0.2, 0.25) is 0 Å². The molecule has 2 atom stereocenters. The molecule has 3 nitrogen and oxygen atoms in total. The van der Waals surface area contributed by atoms with Crippen molar-refractivity contribution in [1.82, 2.24) is 5.32 Å². The van der Waals surface area contributed by atoms with E-state index in [1.807, 2.05) is 30.3 Å². The summed E-state index contributed by atoms with van der Waals surface area (Å²) >= 11 is 3.88. The lowest BCUT2D eigenvalue weighted by Gasteiger charge is -2.22. The summed E-state index contributed by atoms with van der Waals surface area (Å²) in [5, 5.41) is 14.1. The number of rotatable bonds is 5. The van der Waals surface area contributed by atoms with Gasteiger partial charge in [-0.2, -0.15) is 0 Å². The molecule has 2 N–H and O–H groups in total. The van der Waals surface area contributed by atoms with Gasteiger partial charge in [0.2, 0.25) is 0 Å². The maximum Gasteiger partial charge on any atom is 0.272 e. The van der Waals surface area contributed by atoms with E-state index in [1.165, 1.54) is 11.3 Å². The summed E-state index contributed by atoms with van der Waals surface area (Å²) in [6.45, 7) is 0.202. The largest absolute Gasteiger partial charge is 0.383 e. The summed E-state index contributed by atoms with van der Waals surface area (Å²) in [5.41, 5.74) is 0.856. The molecule has 106 valence electrons. The van der Waals surface area contributed by atoms with Crippen molar-refractivity contribution in [3.05, 3.63) is 58.3 Å². The molecule has 0 unspecified atom stereocenters. The third-order valence-electron chi connectivity index (χ3n) is 2.75. The molecule has 1 aromatic carbocycles. The van der Waals surface area contributed by atoms with Crippen molar-refractivity contribution in [3.63, 3.8) is 0 Å². The van der Waals surface area contributed by atoms with Crippen molar-refractivity contribution in [2.24, 2.45) is 0 Å². The highest BCUT2D eigenvalue weighted by atomic mass is 79.9. The minimum atomic E-state index is -2.55. The first-order valence-corrected chi connectivity index (χ1v) is 7.60. The third kappa shape index (κ3) is 3.45. The second-order valence-corrected chi connectivity index (χ2v) is 6.34. The first kappa shape index (κ1) is 15.2. The number of hydrogen-bond donors (Lipinski definition) is 2. The fourth-order valence-corrected chi connectivity index (χ4v) is 2.95. The van der Waals surface area contributed by atoms with Crippen LogP contribution in [0.5, 0.6) is 0 Å². The second-order valence-electron chi connectivity index (χ2n) is 4.21. The second kappa shape index (κ2) is 6.47. The van der Waals surface area contributed by atoms with Gasteiger partial charge in [-0.05, 0) is 32.9 Å². The maximum atomic E-state index is 14.4. The van der Waals surface area contributed by atoms with Crippen LogP contribution in [0.25, 0.3) is 0 Å². The molecule has 2 rings (SSSR count). The van der Waals surface area contributed by atoms with Crippen LogP contribution < -0.4 is 5.32 Å². The predicted octanol–water partition coefficient (Wildman–Crippen LogP) is 3.16. The van der Waals surface area contributed by atoms with E-state index < -0.39 is 16.6 Å². The lowest BCUT2D eigenvalue weighted by atomic mass is 10.1. The summed E-state index contributed by atoms with van der Waals surface area (Å²) in [7, 11) is 0. The van der Waals surface area contributed by atoms with Crippen LogP contribution in [-0.4, -0.2) is 15.6 Å². The van der Waals surface area contributed by atoms with Crippen LogP contribution in [0, 0.1) is 0 Å². The number of thiophene rings is 1. The molecule has 0 aliphatic carbocycles. The Morgan fingerprint density at radius 3 is 2.65 bits per heavy atom. The van der Waals surface area contributed by atoms with E-state index in [0.717, 1.165) is 5.56 Å². The molecule has 2 aromatic rings. The van der Waals surface area contributed by atoms with E-state index in [9.17, 15) is 14.3 Å². The molecular weight excluding hydrogens is 345 g/mol. The van der Waals surface area contributed by atoms with Crippen LogP contribution in [0.4, 0.5) is 4.39 Å². The van der Waals surface area contributed by atoms with Crippen molar-refractivity contribution < 1.29 is 14.3 Å². The Balaban J connectivity index is 2.00. The Labute approximate surface area is 128 Å². The summed E-state index contributed by atoms with van der Waals surface area (Å²) < 4.78 is 11.9. The fourth-order valence-electron chi connectivity index (χ4n) is 1.65. The molecule has 0 saturated heterocycles. The minimum Gasteiger partial charge on any atom is -0.383 e. The van der Waals surface area contributed by atoms with Crippen molar-refractivity contribution in [2.45, 2.75) is 17.2 Å². The molecule has 1 heterocycles. The van der Waals surface area contributed by atoms with Gasteiger partial charge >= 0.3 is 0 Å². The van der Waals surface area contributed by atoms with E-state index in [-0.39, 0.29) is 6.54 Å². The molecular formula is C14H13BrFNO2S. The van der Waals surface area contributed by atoms with E-state index in [2.05, 4.69) is 21.2 Å². The third-order valence-corrected chi connectivity index (χ3v) is 4.47. The molecule has 1 aromatic heterocycles. The molecule has 0 spiro atoms. The summed E-state index contributed by atoms with van der Waals surface area (Å²) in [5.74, 6) is -0.901. The lowest BCUT2D eigenvalue weighted by Crippen LogP contribution is -2.42. The van der Waals surface area contributed by atoms with E-state index in [1.54, 1.807) is 17.5 Å². The zero-order chi connectivity index (χ0) is 14.6. The van der Waals surface area contributed by atoms with Gasteiger partial charge in [-0.1, -0.05) is 36.4 Å². The Bertz CT molecular complexity index is 560. The van der Waals surface area contributed by atoms with Crippen LogP contribution in [0.3, 0.4) is 0 Å². The van der Waals surface area contributed by atoms with Crippen LogP contribution >= 0.6 is 27.3 Å². The summed E-state index contributed by atoms with van der Waals surface area (Å²) in [6, 6.07) is 12.4. The predicted molar refractivity (Wildman–Crippen MR) is 80.3 cm³/mol. The SMILES string of the molecule is O=C(NCc1ccccc1)[C@@](F)(Br)[C@H](O)c1cccs1. The molecule has 6 heteroatoms. The Morgan fingerprint density at radius 1 is 1.35 bits per heavy atom. The number of halogens is 2. The monoisotopic (exact) mass is 357 g/mol. The minimum absolute atomic E-state index is 0.202. The number of benzene rings is 1. The smallest absolute Gasteiger partial charge is 0.272 e. The van der Waals surface area contributed by atoms with Crippen molar-refractivity contribution in [3.8, 4) is 0 Å². The number of amides is 1. The van der Waals surface area contributed by atoms with Crippen LogP contribution in [0.1, 0.15) is 16.5 Å². The molecule has 20 heavy (non-hydrogen) atoms. The number of nitrogens with one attached hydrogen (secondary N) is 1. The number of alkyl halides is 2. The summed E-state index contributed by atoms with van der Waals surface area (Å²) in [6.07, 6.45) is -1.54. The number of hydrogen-bond acceptors (Lipinski definition) is 3. The fraction of sp³-hybridized carbons (Fsp3) is 0.214. The Kier molecular flexibility index (Phi) is 4.91. The number of carbonyl (C=O) groups is 1. The maximum absolute atomic E-state index is 14.4. The van der Waals surface area contributed by atoms with E-state index in [4.69, 9.17) is 0 Å². The van der Waals surface area contributed by atoms with E-state index in [0.29, 0.717) is 4.88 Å². The Morgan fingerprint density at radius 2 is 2.05 bits per heavy atom. The van der Waals surface area contributed by atoms with Gasteiger partial charge in [0, 0.05) is 11.4 Å². The number of aliphatic hydroxyl groups is 1. The molecule has 0 fully saturated rings. The lowest BCUT2D eigenvalue weighted by molar-refractivity contribution is -0.132. The van der Waals surface area contributed by atoms with Gasteiger partial charge in [0.25, 0.3) is 10.5 Å². The normalized spacial score (nSPS) is 15.3. The molecule has 0 radical (unpaired) electrons. The van der Waals surface area contributed by atoms with Gasteiger partial charge in [0.1, 0.15) is 6.10 Å². The standard InChI is InChI=1S/C14H13BrFNO2S/c15-14(16,12(18)11-7-4-8-20-11)13(19)17-9-10-5-2-1-3-6-10/h1-8,12,18H,9H2,(H,17,19)/t12-,14-/m1/s1. The zero-order valence-electron chi connectivity index (χ0n) is 10.4. The summed E-state index contributed by atoms with van der Waals surface area (Å²) in [4.78, 5) is 12.3. The van der Waals surface area contributed by atoms with Crippen LogP contribution in [-0.2, 0) is 11.3 Å². The molecule has 0 aliphatic heterocycles. The van der Waals surface area contributed by atoms with Gasteiger partial charge in [0.15, 0.2) is 0 Å². The van der Waals surface area contributed by atoms with Crippen molar-refractivity contribution >= 4 is 33.2 Å². The van der Waals surface area contributed by atoms with Crippen molar-refractivity contribution in [1.29, 1.82) is 0 Å². The van der Waals surface area contributed by atoms with Gasteiger partial charge in [-0.15, -0.1) is 11.3 Å². The zero-order valence-corrected chi connectivity index (χ0v) is 12.8. The highest BCUT2D eigenvalue weighted by molar-refractivity contribution is 9.10. The molecule has 0 aliphatic rings. The first-order chi connectivity index (χ1) is 9.51. The molecule has 0 bridgehead atoms. The number of aliphatic hydroxyl groups excluding tert-OH is 1. The Hall–Kier alpha value is -1.24. The average molecular weight is 358 g/mol. The molecule has 1 amide bonds. The van der Waals surface area contributed by atoms with Gasteiger partial charge < -0.3 is 10.4 Å². The highest BCUT2D eigenvalue weighted by Gasteiger charge is 2.44. The molecule has 0 saturated carbocycles. The number of carbonyl (C=O) groups excluding carboxylic acids is 1. The van der Waals surface area contributed by atoms with Gasteiger partial charge in [-0.25, -0.2) is 4.39 Å². The van der Waals surface area contributed by atoms with Crippen molar-refractivity contribution in [2.75, 3.05) is 0 Å². The highest BCUT2D eigenvalue weighted by Crippen LogP contribution is 2.37.